The monoisotopic (exact) mass is 481 g/mol. The summed E-state index contributed by atoms with van der Waals surface area (Å²) < 4.78 is 65.3. The third-order valence-electron chi connectivity index (χ3n) is 4.53. The van der Waals surface area contributed by atoms with Crippen LogP contribution in [0.5, 0.6) is 0 Å². The number of aromatic nitrogens is 1. The van der Waals surface area contributed by atoms with E-state index in [0.717, 1.165) is 25.3 Å². The van der Waals surface area contributed by atoms with Crippen molar-refractivity contribution in [2.75, 3.05) is 18.4 Å². The molecule has 0 unspecified atom stereocenters. The lowest BCUT2D eigenvalue weighted by atomic mass is 10.2. The van der Waals surface area contributed by atoms with Gasteiger partial charge in [0.05, 0.1) is 15.6 Å². The van der Waals surface area contributed by atoms with Gasteiger partial charge in [0.2, 0.25) is 10.0 Å². The Morgan fingerprint density at radius 3 is 2.33 bits per heavy atom. The standard InChI is InChI=1S/C18H16Cl2F3N3O3S/c19-13-5-4-11(8-15(13)30(28,29)26-6-2-1-3-7-26)17(27)25-16-14(20)9-12(10-24-16)18(21,22)23/h4-5,8-10H,1-3,6-7H2,(H,24,25,27). The van der Waals surface area contributed by atoms with E-state index in [1.807, 2.05) is 0 Å². The third-order valence-corrected chi connectivity index (χ3v) is 7.20. The summed E-state index contributed by atoms with van der Waals surface area (Å²) in [6.07, 6.45) is -1.70. The summed E-state index contributed by atoms with van der Waals surface area (Å²) in [4.78, 5) is 15.8. The van der Waals surface area contributed by atoms with Crippen molar-refractivity contribution in [2.24, 2.45) is 0 Å². The molecule has 0 spiro atoms. The van der Waals surface area contributed by atoms with Crippen molar-refractivity contribution in [1.29, 1.82) is 0 Å². The normalized spacial score (nSPS) is 15.8. The average Bonchev–Trinajstić information content (AvgIpc) is 2.69. The molecule has 1 saturated heterocycles. The van der Waals surface area contributed by atoms with Crippen molar-refractivity contribution in [3.63, 3.8) is 0 Å². The number of amides is 1. The molecule has 6 nitrogen and oxygen atoms in total. The van der Waals surface area contributed by atoms with Gasteiger partial charge in [-0.25, -0.2) is 13.4 Å². The molecule has 162 valence electrons. The molecule has 0 aliphatic carbocycles. The van der Waals surface area contributed by atoms with E-state index in [4.69, 9.17) is 23.2 Å². The maximum atomic E-state index is 12.9. The Hall–Kier alpha value is -1.88. The minimum Gasteiger partial charge on any atom is -0.305 e. The van der Waals surface area contributed by atoms with Gasteiger partial charge in [-0.15, -0.1) is 0 Å². The number of carbonyl (C=O) groups excluding carboxylic acids is 1. The number of rotatable bonds is 4. The number of halogens is 5. The van der Waals surface area contributed by atoms with E-state index >= 15 is 0 Å². The Morgan fingerprint density at radius 1 is 1.07 bits per heavy atom. The zero-order chi connectivity index (χ0) is 22.1. The molecule has 1 N–H and O–H groups in total. The van der Waals surface area contributed by atoms with Gasteiger partial charge in [0.15, 0.2) is 5.82 Å². The van der Waals surface area contributed by atoms with Gasteiger partial charge in [-0.2, -0.15) is 17.5 Å². The number of anilines is 1. The summed E-state index contributed by atoms with van der Waals surface area (Å²) in [7, 11) is -3.90. The highest BCUT2D eigenvalue weighted by molar-refractivity contribution is 7.89. The second-order valence-corrected chi connectivity index (χ2v) is 9.34. The summed E-state index contributed by atoms with van der Waals surface area (Å²) in [6, 6.07) is 4.33. The largest absolute Gasteiger partial charge is 0.417 e. The van der Waals surface area contributed by atoms with Crippen molar-refractivity contribution >= 4 is 45.0 Å². The number of pyridine rings is 1. The SMILES string of the molecule is O=C(Nc1ncc(C(F)(F)F)cc1Cl)c1ccc(Cl)c(S(=O)(=O)N2CCCCC2)c1. The first-order valence-corrected chi connectivity index (χ1v) is 11.0. The first-order chi connectivity index (χ1) is 14.0. The smallest absolute Gasteiger partial charge is 0.305 e. The van der Waals surface area contributed by atoms with Crippen LogP contribution < -0.4 is 5.32 Å². The summed E-state index contributed by atoms with van der Waals surface area (Å²) in [5, 5.41) is 1.83. The van der Waals surface area contributed by atoms with Crippen LogP contribution in [0.2, 0.25) is 10.0 Å². The van der Waals surface area contributed by atoms with Gasteiger partial charge < -0.3 is 5.32 Å². The molecule has 1 aromatic heterocycles. The Kier molecular flexibility index (Phi) is 6.61. The molecule has 1 aliphatic rings. The first kappa shape index (κ1) is 22.8. The van der Waals surface area contributed by atoms with Gasteiger partial charge >= 0.3 is 6.18 Å². The van der Waals surface area contributed by atoms with E-state index in [0.29, 0.717) is 25.4 Å². The topological polar surface area (TPSA) is 79.4 Å². The van der Waals surface area contributed by atoms with Gasteiger partial charge in [0, 0.05) is 24.8 Å². The molecule has 1 fully saturated rings. The van der Waals surface area contributed by atoms with Gasteiger partial charge in [0.1, 0.15) is 4.90 Å². The van der Waals surface area contributed by atoms with Gasteiger partial charge in [-0.05, 0) is 37.1 Å². The highest BCUT2D eigenvalue weighted by Gasteiger charge is 2.32. The lowest BCUT2D eigenvalue weighted by Gasteiger charge is -2.26. The van der Waals surface area contributed by atoms with E-state index in [1.54, 1.807) is 0 Å². The predicted molar refractivity (Wildman–Crippen MR) is 106 cm³/mol. The number of carbonyl (C=O) groups is 1. The van der Waals surface area contributed by atoms with Crippen LogP contribution >= 0.6 is 23.2 Å². The van der Waals surface area contributed by atoms with Crippen molar-refractivity contribution in [3.8, 4) is 0 Å². The number of hydrogen-bond acceptors (Lipinski definition) is 4. The van der Waals surface area contributed by atoms with Crippen LogP contribution in [0.4, 0.5) is 19.0 Å². The zero-order valence-electron chi connectivity index (χ0n) is 15.3. The van der Waals surface area contributed by atoms with E-state index < -0.39 is 32.7 Å². The van der Waals surface area contributed by atoms with E-state index in [-0.39, 0.29) is 21.3 Å². The maximum Gasteiger partial charge on any atom is 0.417 e. The third kappa shape index (κ3) is 4.88. The minimum atomic E-state index is -4.63. The number of nitrogens with zero attached hydrogens (tertiary/aromatic N) is 2. The molecule has 0 atom stereocenters. The van der Waals surface area contributed by atoms with Crippen molar-refractivity contribution in [2.45, 2.75) is 30.3 Å². The number of hydrogen-bond donors (Lipinski definition) is 1. The number of sulfonamides is 1. The average molecular weight is 482 g/mol. The van der Waals surface area contributed by atoms with Crippen LogP contribution in [0.25, 0.3) is 0 Å². The summed E-state index contributed by atoms with van der Waals surface area (Å²) in [5.74, 6) is -1.08. The Balaban J connectivity index is 1.86. The van der Waals surface area contributed by atoms with E-state index in [2.05, 4.69) is 10.3 Å². The number of piperidine rings is 1. The molecule has 1 aromatic carbocycles. The van der Waals surface area contributed by atoms with Crippen LogP contribution in [0.15, 0.2) is 35.4 Å². The lowest BCUT2D eigenvalue weighted by molar-refractivity contribution is -0.137. The molecule has 3 rings (SSSR count). The molecule has 0 radical (unpaired) electrons. The maximum absolute atomic E-state index is 12.9. The first-order valence-electron chi connectivity index (χ1n) is 8.84. The zero-order valence-corrected chi connectivity index (χ0v) is 17.7. The summed E-state index contributed by atoms with van der Waals surface area (Å²) in [6.45, 7) is 0.723. The summed E-state index contributed by atoms with van der Waals surface area (Å²) in [5.41, 5.74) is -1.13. The van der Waals surface area contributed by atoms with Crippen molar-refractivity contribution in [1.82, 2.24) is 9.29 Å². The predicted octanol–water partition coefficient (Wildman–Crippen LogP) is 4.83. The van der Waals surface area contributed by atoms with Crippen molar-refractivity contribution in [3.05, 3.63) is 51.6 Å². The molecule has 30 heavy (non-hydrogen) atoms. The van der Waals surface area contributed by atoms with Crippen LogP contribution in [-0.4, -0.2) is 36.7 Å². The fourth-order valence-electron chi connectivity index (χ4n) is 2.95. The second kappa shape index (κ2) is 8.70. The van der Waals surface area contributed by atoms with Crippen molar-refractivity contribution < 1.29 is 26.4 Å². The molecule has 0 saturated carbocycles. The van der Waals surface area contributed by atoms with Gasteiger partial charge in [-0.1, -0.05) is 29.6 Å². The highest BCUT2D eigenvalue weighted by Crippen LogP contribution is 2.33. The Morgan fingerprint density at radius 2 is 1.73 bits per heavy atom. The van der Waals surface area contributed by atoms with Crippen LogP contribution in [0.3, 0.4) is 0 Å². The lowest BCUT2D eigenvalue weighted by Crippen LogP contribution is -2.35. The quantitative estimate of drug-likeness (QED) is 0.677. The van der Waals surface area contributed by atoms with E-state index in [9.17, 15) is 26.4 Å². The Bertz CT molecular complexity index is 1070. The number of benzene rings is 1. The number of alkyl halides is 3. The second-order valence-electron chi connectivity index (χ2n) is 6.62. The minimum absolute atomic E-state index is 0.0391. The molecule has 1 amide bonds. The van der Waals surface area contributed by atoms with Gasteiger partial charge in [0.25, 0.3) is 5.91 Å². The molecule has 0 bridgehead atoms. The van der Waals surface area contributed by atoms with Gasteiger partial charge in [-0.3, -0.25) is 4.79 Å². The van der Waals surface area contributed by atoms with Crippen LogP contribution in [0.1, 0.15) is 35.2 Å². The molecule has 2 heterocycles. The molecular weight excluding hydrogens is 466 g/mol. The molecule has 12 heteroatoms. The van der Waals surface area contributed by atoms with Crippen LogP contribution in [-0.2, 0) is 16.2 Å². The fraction of sp³-hybridized carbons (Fsp3) is 0.333. The molecule has 2 aromatic rings. The Labute approximate surface area is 181 Å². The van der Waals surface area contributed by atoms with E-state index in [1.165, 1.54) is 16.4 Å². The fourth-order valence-corrected chi connectivity index (χ4v) is 5.18. The number of nitrogens with one attached hydrogen (secondary N) is 1. The summed E-state index contributed by atoms with van der Waals surface area (Å²) >= 11 is 11.9. The molecular formula is C18H16Cl2F3N3O3S. The van der Waals surface area contributed by atoms with Crippen LogP contribution in [0, 0.1) is 0 Å². The molecule has 1 aliphatic heterocycles. The highest BCUT2D eigenvalue weighted by atomic mass is 35.5.